The molecule has 3 aliphatic rings. The first-order valence-corrected chi connectivity index (χ1v) is 19.9. The molecule has 0 bridgehead atoms. The molecule has 47 heavy (non-hydrogen) atoms. The highest BCUT2D eigenvalue weighted by molar-refractivity contribution is 7.86. The summed E-state index contributed by atoms with van der Waals surface area (Å²) < 4.78 is 66.7. The second-order valence-electron chi connectivity index (χ2n) is 13.8. The van der Waals surface area contributed by atoms with Crippen LogP contribution in [0.25, 0.3) is 0 Å². The van der Waals surface area contributed by atoms with Crippen molar-refractivity contribution in [2.24, 2.45) is 0 Å². The molecule has 0 radical (unpaired) electrons. The second-order valence-corrected chi connectivity index (χ2v) is 17.4. The molecule has 2 heterocycles. The van der Waals surface area contributed by atoms with E-state index >= 15 is 0 Å². The van der Waals surface area contributed by atoms with Crippen LogP contribution in [0.2, 0.25) is 0 Å². The van der Waals surface area contributed by atoms with Crippen molar-refractivity contribution in [2.45, 2.75) is 83.5 Å². The summed E-state index contributed by atoms with van der Waals surface area (Å²) in [6.07, 6.45) is 9.18. The molecule has 0 amide bonds. The Bertz CT molecular complexity index is 1890. The van der Waals surface area contributed by atoms with E-state index in [1.165, 1.54) is 22.4 Å². The van der Waals surface area contributed by atoms with Crippen molar-refractivity contribution >= 4 is 48.9 Å². The molecule has 1 aliphatic carbocycles. The average Bonchev–Trinajstić information content (AvgIpc) is 3.33. The third-order valence-electron chi connectivity index (χ3n) is 9.91. The van der Waals surface area contributed by atoms with Crippen molar-refractivity contribution in [3.8, 4) is 0 Å². The standard InChI is InChI=1S/C36H45ClN2O6S2/c1-35(2)28-14-5-7-16-30(28)38(22-10-24-46(40,41)42)32(35)20-18-26-12-9-13-27(34(26)37)19-21-33-36(3,4)29-15-6-8-17-31(29)39(33)23-11-25-47(43,44)45/h5-8,14-18,20H,9-13,19,21-25H2,1-4H3,(H-,40,41,42,43,44,45)/p+1. The van der Waals surface area contributed by atoms with E-state index in [2.05, 4.69) is 73.6 Å². The van der Waals surface area contributed by atoms with E-state index in [-0.39, 0.29) is 22.3 Å². The van der Waals surface area contributed by atoms with Gasteiger partial charge >= 0.3 is 0 Å². The van der Waals surface area contributed by atoms with Gasteiger partial charge in [0.15, 0.2) is 5.71 Å². The second kappa shape index (κ2) is 13.6. The van der Waals surface area contributed by atoms with Crippen molar-refractivity contribution in [1.29, 1.82) is 0 Å². The number of halogens is 1. The predicted octanol–water partition coefficient (Wildman–Crippen LogP) is 7.68. The monoisotopic (exact) mass is 701 g/mol. The summed E-state index contributed by atoms with van der Waals surface area (Å²) in [5, 5.41) is 0.797. The molecule has 2 N–H and O–H groups in total. The molecule has 0 aromatic heterocycles. The smallest absolute Gasteiger partial charge is 0.265 e. The molecule has 0 spiro atoms. The van der Waals surface area contributed by atoms with E-state index in [0.29, 0.717) is 25.9 Å². The van der Waals surface area contributed by atoms with E-state index in [9.17, 15) is 25.9 Å². The average molecular weight is 702 g/mol. The summed E-state index contributed by atoms with van der Waals surface area (Å²) in [6.45, 7) is 9.72. The van der Waals surface area contributed by atoms with Crippen LogP contribution in [0, 0.1) is 0 Å². The van der Waals surface area contributed by atoms with Gasteiger partial charge in [0.05, 0.1) is 16.9 Å². The van der Waals surface area contributed by atoms with E-state index < -0.39 is 20.2 Å². The molecule has 0 saturated heterocycles. The maximum atomic E-state index is 11.5. The van der Waals surface area contributed by atoms with Crippen LogP contribution in [-0.2, 0) is 31.1 Å². The van der Waals surface area contributed by atoms with E-state index in [1.807, 2.05) is 24.3 Å². The molecule has 254 valence electrons. The SMILES string of the molecule is CC1(C)C(=CC=C2CCCC(CCC3=[N+](CCCS(=O)(=O)O)c4ccccc4C3(C)C)=C2Cl)N(CCCS(=O)(=O)O)c2ccccc21. The fourth-order valence-electron chi connectivity index (χ4n) is 7.55. The van der Waals surface area contributed by atoms with Crippen LogP contribution in [0.1, 0.15) is 83.8 Å². The Balaban J connectivity index is 1.42. The molecular formula is C36H46ClN2O6S2+. The fraction of sp³-hybridized carbons (Fsp3) is 0.472. The molecule has 0 unspecified atom stereocenters. The van der Waals surface area contributed by atoms with E-state index in [0.717, 1.165) is 59.8 Å². The normalized spacial score (nSPS) is 20.8. The van der Waals surface area contributed by atoms with Crippen molar-refractivity contribution in [2.75, 3.05) is 29.5 Å². The third-order valence-corrected chi connectivity index (χ3v) is 12.0. The van der Waals surface area contributed by atoms with Gasteiger partial charge < -0.3 is 4.90 Å². The van der Waals surface area contributed by atoms with Crippen LogP contribution >= 0.6 is 11.6 Å². The Morgan fingerprint density at radius 2 is 1.47 bits per heavy atom. The number of fused-ring (bicyclic) bond motifs is 2. The van der Waals surface area contributed by atoms with Crippen LogP contribution in [-0.4, -0.2) is 60.8 Å². The molecule has 8 nitrogen and oxygen atoms in total. The lowest BCUT2D eigenvalue weighted by atomic mass is 9.79. The zero-order valence-corrected chi connectivity index (χ0v) is 30.1. The zero-order valence-electron chi connectivity index (χ0n) is 27.7. The molecule has 2 aromatic carbocycles. The number of para-hydroxylation sites is 2. The Morgan fingerprint density at radius 3 is 2.17 bits per heavy atom. The van der Waals surface area contributed by atoms with Gasteiger partial charge in [0.1, 0.15) is 6.54 Å². The van der Waals surface area contributed by atoms with E-state index in [1.54, 1.807) is 0 Å². The van der Waals surface area contributed by atoms with Gasteiger partial charge in [0, 0.05) is 52.8 Å². The molecule has 11 heteroatoms. The number of rotatable bonds is 12. The first-order chi connectivity index (χ1) is 22.0. The minimum Gasteiger partial charge on any atom is -0.344 e. The Morgan fingerprint density at radius 1 is 0.830 bits per heavy atom. The van der Waals surface area contributed by atoms with Crippen molar-refractivity contribution in [3.05, 3.63) is 93.7 Å². The number of hydrogen-bond acceptors (Lipinski definition) is 5. The summed E-state index contributed by atoms with van der Waals surface area (Å²) in [5.41, 5.74) is 8.52. The number of anilines is 1. The largest absolute Gasteiger partial charge is 0.344 e. The van der Waals surface area contributed by atoms with Crippen LogP contribution < -0.4 is 4.90 Å². The van der Waals surface area contributed by atoms with Gasteiger partial charge in [-0.1, -0.05) is 73.5 Å². The van der Waals surface area contributed by atoms with Gasteiger partial charge in [0.2, 0.25) is 5.69 Å². The van der Waals surface area contributed by atoms with Crippen molar-refractivity contribution in [3.63, 3.8) is 0 Å². The first-order valence-electron chi connectivity index (χ1n) is 16.3. The quantitative estimate of drug-likeness (QED) is 0.172. The number of allylic oxidation sites excluding steroid dienone is 6. The van der Waals surface area contributed by atoms with E-state index in [4.69, 9.17) is 11.6 Å². The molecule has 2 aromatic rings. The topological polar surface area (TPSA) is 115 Å². The first kappa shape index (κ1) is 35.5. The van der Waals surface area contributed by atoms with Crippen molar-refractivity contribution < 1.29 is 30.5 Å². The minimum absolute atomic E-state index is 0.235. The minimum atomic E-state index is -4.05. The van der Waals surface area contributed by atoms with Crippen LogP contribution in [0.4, 0.5) is 11.4 Å². The van der Waals surface area contributed by atoms with Gasteiger partial charge in [-0.2, -0.15) is 21.4 Å². The summed E-state index contributed by atoms with van der Waals surface area (Å²) in [4.78, 5) is 2.16. The van der Waals surface area contributed by atoms with Crippen molar-refractivity contribution in [1.82, 2.24) is 0 Å². The number of benzene rings is 2. The molecule has 2 aliphatic heterocycles. The number of hydrogen-bond donors (Lipinski definition) is 2. The molecule has 0 saturated carbocycles. The lowest BCUT2D eigenvalue weighted by Crippen LogP contribution is -2.30. The summed E-state index contributed by atoms with van der Waals surface area (Å²) in [5.74, 6) is -0.572. The van der Waals surface area contributed by atoms with Gasteiger partial charge in [-0.25, -0.2) is 0 Å². The highest BCUT2D eigenvalue weighted by Crippen LogP contribution is 2.48. The Hall–Kier alpha value is -2.76. The number of nitrogens with zero attached hydrogens (tertiary/aromatic N) is 2. The zero-order chi connectivity index (χ0) is 34.2. The Kier molecular flexibility index (Phi) is 10.3. The lowest BCUT2D eigenvalue weighted by molar-refractivity contribution is -0.439. The highest BCUT2D eigenvalue weighted by Gasteiger charge is 2.45. The van der Waals surface area contributed by atoms with Gasteiger partial charge in [0.25, 0.3) is 20.2 Å². The summed E-state index contributed by atoms with van der Waals surface area (Å²) in [7, 11) is -8.09. The molecule has 0 atom stereocenters. The van der Waals surface area contributed by atoms with Crippen LogP contribution in [0.15, 0.2) is 82.6 Å². The fourth-order valence-corrected chi connectivity index (χ4v) is 8.88. The lowest BCUT2D eigenvalue weighted by Gasteiger charge is -2.27. The van der Waals surface area contributed by atoms with Gasteiger partial charge in [-0.3, -0.25) is 9.11 Å². The third kappa shape index (κ3) is 7.78. The van der Waals surface area contributed by atoms with Gasteiger partial charge in [-0.05, 0) is 69.2 Å². The maximum absolute atomic E-state index is 11.5. The Labute approximate surface area is 285 Å². The molecule has 0 fully saturated rings. The van der Waals surface area contributed by atoms with Gasteiger partial charge in [-0.15, -0.1) is 0 Å². The predicted molar refractivity (Wildman–Crippen MR) is 190 cm³/mol. The van der Waals surface area contributed by atoms with Crippen LogP contribution in [0.5, 0.6) is 0 Å². The summed E-state index contributed by atoms with van der Waals surface area (Å²) in [6, 6.07) is 16.4. The molecule has 5 rings (SSSR count). The van der Waals surface area contributed by atoms with Crippen LogP contribution in [0.3, 0.4) is 0 Å². The summed E-state index contributed by atoms with van der Waals surface area (Å²) >= 11 is 7.14. The maximum Gasteiger partial charge on any atom is 0.265 e. The molecular weight excluding hydrogens is 656 g/mol. The highest BCUT2D eigenvalue weighted by atomic mass is 35.5.